The molecule has 1 heterocycles. The summed E-state index contributed by atoms with van der Waals surface area (Å²) in [6.45, 7) is 1.88. The van der Waals surface area contributed by atoms with Crippen molar-refractivity contribution in [3.8, 4) is 11.5 Å². The van der Waals surface area contributed by atoms with Gasteiger partial charge in [-0.25, -0.2) is 4.39 Å². The summed E-state index contributed by atoms with van der Waals surface area (Å²) < 4.78 is 24.6. The van der Waals surface area contributed by atoms with E-state index in [-0.39, 0.29) is 22.5 Å². The van der Waals surface area contributed by atoms with Crippen molar-refractivity contribution in [2.24, 2.45) is 0 Å². The molecule has 4 rings (SSSR count). The lowest BCUT2D eigenvalue weighted by molar-refractivity contribution is 0.0937. The van der Waals surface area contributed by atoms with Crippen LogP contribution in [0.25, 0.3) is 0 Å². The maximum Gasteiger partial charge on any atom is 0.251 e. The topological polar surface area (TPSA) is 59.6 Å². The molecule has 2 N–H and O–H groups in total. The molecule has 2 atom stereocenters. The molecule has 7 heteroatoms. The summed E-state index contributed by atoms with van der Waals surface area (Å²) in [4.78, 5) is 12.3. The Morgan fingerprint density at radius 2 is 1.86 bits per heavy atom. The lowest BCUT2D eigenvalue weighted by Gasteiger charge is -2.19. The van der Waals surface area contributed by atoms with Gasteiger partial charge in [0.2, 0.25) is 0 Å². The maximum atomic E-state index is 13.4. The monoisotopic (exact) mass is 404 g/mol. The molecule has 0 aromatic heterocycles. The molecule has 1 aliphatic heterocycles. The van der Waals surface area contributed by atoms with Crippen molar-refractivity contribution in [2.75, 3.05) is 13.2 Å². The van der Waals surface area contributed by atoms with Crippen LogP contribution in [0.5, 0.6) is 11.5 Å². The van der Waals surface area contributed by atoms with Crippen molar-refractivity contribution >= 4 is 17.5 Å². The lowest BCUT2D eigenvalue weighted by Crippen LogP contribution is -2.35. The second-order valence-electron chi connectivity index (χ2n) is 7.20. The van der Waals surface area contributed by atoms with E-state index in [0.29, 0.717) is 19.3 Å². The summed E-state index contributed by atoms with van der Waals surface area (Å²) in [7, 11) is 0. The van der Waals surface area contributed by atoms with Gasteiger partial charge >= 0.3 is 0 Å². The third-order valence-electron chi connectivity index (χ3n) is 5.09. The largest absolute Gasteiger partial charge is 0.486 e. The Labute approximate surface area is 168 Å². The molecule has 2 aromatic carbocycles. The number of amides is 1. The van der Waals surface area contributed by atoms with Gasteiger partial charge in [0.1, 0.15) is 19.0 Å². The van der Waals surface area contributed by atoms with Crippen LogP contribution >= 0.6 is 11.6 Å². The fourth-order valence-corrected chi connectivity index (χ4v) is 3.93. The first kappa shape index (κ1) is 19.0. The molecule has 0 saturated heterocycles. The Hall–Kier alpha value is -2.31. The second-order valence-corrected chi connectivity index (χ2v) is 7.63. The highest BCUT2D eigenvalue weighted by Crippen LogP contribution is 2.31. The molecular formula is C21H22ClFN2O3. The Kier molecular flexibility index (Phi) is 5.69. The van der Waals surface area contributed by atoms with Crippen molar-refractivity contribution in [2.45, 2.75) is 37.9 Å². The fraction of sp³-hybridized carbons (Fsp3) is 0.381. The Balaban J connectivity index is 1.28. The summed E-state index contributed by atoms with van der Waals surface area (Å²) in [5, 5.41) is 6.73. The van der Waals surface area contributed by atoms with Crippen LogP contribution in [0.1, 0.15) is 35.2 Å². The van der Waals surface area contributed by atoms with Crippen LogP contribution in [0.15, 0.2) is 36.4 Å². The maximum absolute atomic E-state index is 13.4. The third-order valence-corrected chi connectivity index (χ3v) is 5.31. The predicted octanol–water partition coefficient (Wildman–Crippen LogP) is 3.69. The Bertz CT molecular complexity index is 856. The van der Waals surface area contributed by atoms with Crippen LogP contribution in [-0.2, 0) is 6.54 Å². The van der Waals surface area contributed by atoms with Gasteiger partial charge in [-0.15, -0.1) is 0 Å². The summed E-state index contributed by atoms with van der Waals surface area (Å²) in [6.07, 6.45) is 2.69. The molecule has 0 bridgehead atoms. The average molecular weight is 405 g/mol. The molecular weight excluding hydrogens is 383 g/mol. The van der Waals surface area contributed by atoms with E-state index in [2.05, 4.69) is 10.6 Å². The number of halogens is 2. The van der Waals surface area contributed by atoms with Gasteiger partial charge in [0.05, 0.1) is 0 Å². The van der Waals surface area contributed by atoms with Gasteiger partial charge in [0.15, 0.2) is 11.5 Å². The van der Waals surface area contributed by atoms with E-state index in [0.717, 1.165) is 42.9 Å². The number of rotatable bonds is 5. The van der Waals surface area contributed by atoms with Crippen LogP contribution in [0, 0.1) is 5.82 Å². The zero-order chi connectivity index (χ0) is 19.5. The van der Waals surface area contributed by atoms with Crippen LogP contribution < -0.4 is 20.1 Å². The molecule has 148 valence electrons. The number of nitrogens with one attached hydrogen (secondary N) is 2. The summed E-state index contributed by atoms with van der Waals surface area (Å²) in [6, 6.07) is 10.2. The minimum absolute atomic E-state index is 0.0623. The van der Waals surface area contributed by atoms with Crippen molar-refractivity contribution < 1.29 is 18.7 Å². The molecule has 2 aromatic rings. The van der Waals surface area contributed by atoms with Crippen molar-refractivity contribution in [3.63, 3.8) is 0 Å². The third kappa shape index (κ3) is 4.56. The average Bonchev–Trinajstić information content (AvgIpc) is 3.13. The number of hydrogen-bond acceptors (Lipinski definition) is 4. The zero-order valence-corrected chi connectivity index (χ0v) is 16.1. The molecule has 1 saturated carbocycles. The second kappa shape index (κ2) is 8.37. The van der Waals surface area contributed by atoms with E-state index in [1.807, 2.05) is 18.2 Å². The van der Waals surface area contributed by atoms with E-state index in [9.17, 15) is 9.18 Å². The van der Waals surface area contributed by atoms with E-state index < -0.39 is 5.82 Å². The van der Waals surface area contributed by atoms with Crippen LogP contribution in [-0.4, -0.2) is 31.2 Å². The number of carbonyl (C=O) groups excluding carboxylic acids is 1. The molecule has 5 nitrogen and oxygen atoms in total. The van der Waals surface area contributed by atoms with Crippen molar-refractivity contribution in [1.29, 1.82) is 0 Å². The minimum atomic E-state index is -0.511. The zero-order valence-electron chi connectivity index (χ0n) is 15.3. The van der Waals surface area contributed by atoms with Gasteiger partial charge in [0, 0.05) is 29.2 Å². The van der Waals surface area contributed by atoms with E-state index in [1.165, 1.54) is 18.2 Å². The van der Waals surface area contributed by atoms with Gasteiger partial charge in [-0.05, 0) is 55.2 Å². The number of fused-ring (bicyclic) bond motifs is 1. The molecule has 1 amide bonds. The minimum Gasteiger partial charge on any atom is -0.486 e. The molecule has 1 fully saturated rings. The predicted molar refractivity (Wildman–Crippen MR) is 105 cm³/mol. The smallest absolute Gasteiger partial charge is 0.251 e. The van der Waals surface area contributed by atoms with E-state index in [1.54, 1.807) is 0 Å². The normalized spacial score (nSPS) is 20.8. The van der Waals surface area contributed by atoms with Crippen molar-refractivity contribution in [3.05, 3.63) is 58.4 Å². The fourth-order valence-electron chi connectivity index (χ4n) is 3.71. The Morgan fingerprint density at radius 3 is 2.68 bits per heavy atom. The molecule has 2 aliphatic rings. The first-order valence-electron chi connectivity index (χ1n) is 9.46. The van der Waals surface area contributed by atoms with Crippen LogP contribution in [0.3, 0.4) is 0 Å². The van der Waals surface area contributed by atoms with E-state index in [4.69, 9.17) is 21.1 Å². The number of carbonyl (C=O) groups is 1. The SMILES string of the molecule is O=C(N[C@H]1CC[C@@H](NCc2ccc3c(c2)OCCO3)C1)c1cc(F)cc(Cl)c1. The molecule has 0 radical (unpaired) electrons. The summed E-state index contributed by atoms with van der Waals surface area (Å²) in [5.41, 5.74) is 1.38. The van der Waals surface area contributed by atoms with Gasteiger partial charge in [-0.3, -0.25) is 4.79 Å². The molecule has 0 spiro atoms. The van der Waals surface area contributed by atoms with Gasteiger partial charge in [0.25, 0.3) is 5.91 Å². The quantitative estimate of drug-likeness (QED) is 0.798. The van der Waals surface area contributed by atoms with E-state index >= 15 is 0 Å². The first-order chi connectivity index (χ1) is 13.6. The Morgan fingerprint density at radius 1 is 1.07 bits per heavy atom. The van der Waals surface area contributed by atoms with Gasteiger partial charge in [-0.1, -0.05) is 17.7 Å². The number of benzene rings is 2. The summed E-state index contributed by atoms with van der Waals surface area (Å²) >= 11 is 5.83. The highest BCUT2D eigenvalue weighted by Gasteiger charge is 2.26. The number of hydrogen-bond donors (Lipinski definition) is 2. The molecule has 0 unspecified atom stereocenters. The van der Waals surface area contributed by atoms with Gasteiger partial charge in [-0.2, -0.15) is 0 Å². The molecule has 1 aliphatic carbocycles. The number of ether oxygens (including phenoxy) is 2. The van der Waals surface area contributed by atoms with Gasteiger partial charge < -0.3 is 20.1 Å². The summed E-state index contributed by atoms with van der Waals surface area (Å²) in [5.74, 6) is 0.772. The highest BCUT2D eigenvalue weighted by atomic mass is 35.5. The molecule has 28 heavy (non-hydrogen) atoms. The van der Waals surface area contributed by atoms with Crippen LogP contribution in [0.2, 0.25) is 5.02 Å². The lowest BCUT2D eigenvalue weighted by atomic mass is 10.1. The van der Waals surface area contributed by atoms with Crippen molar-refractivity contribution in [1.82, 2.24) is 10.6 Å². The van der Waals surface area contributed by atoms with Crippen LogP contribution in [0.4, 0.5) is 4.39 Å². The highest BCUT2D eigenvalue weighted by molar-refractivity contribution is 6.31. The first-order valence-corrected chi connectivity index (χ1v) is 9.83. The standard InChI is InChI=1S/C21H22ClFN2O3/c22-15-8-14(9-16(23)10-15)21(26)25-18-3-2-17(11-18)24-12-13-1-4-19-20(7-13)28-6-5-27-19/h1,4,7-10,17-18,24H,2-3,5-6,11-12H2,(H,25,26)/t17-,18+/m1/s1.